The molecule has 0 heterocycles. The third-order valence-electron chi connectivity index (χ3n) is 2.29. The highest BCUT2D eigenvalue weighted by molar-refractivity contribution is 5.85. The predicted molar refractivity (Wildman–Crippen MR) is 68.6 cm³/mol. The Labute approximate surface area is 107 Å². The van der Waals surface area contributed by atoms with Crippen molar-refractivity contribution in [3.63, 3.8) is 0 Å². The molecule has 1 aromatic carbocycles. The van der Waals surface area contributed by atoms with Gasteiger partial charge < -0.3 is 11.1 Å². The molecule has 0 spiro atoms. The van der Waals surface area contributed by atoms with Crippen molar-refractivity contribution in [3.8, 4) is 0 Å². The number of carbonyl (C=O) groups is 1. The number of hydrogen-bond donors (Lipinski definition) is 2. The number of rotatable bonds is 4. The van der Waals surface area contributed by atoms with E-state index in [1.54, 1.807) is 25.1 Å². The lowest BCUT2D eigenvalue weighted by Gasteiger charge is -2.15. The predicted octanol–water partition coefficient (Wildman–Crippen LogP) is 1.64. The van der Waals surface area contributed by atoms with Crippen LogP contribution >= 0.6 is 12.4 Å². The molecule has 1 aromatic rings. The maximum Gasteiger partial charge on any atom is 0.236 e. The first kappa shape index (κ1) is 15.9. The van der Waals surface area contributed by atoms with Crippen LogP contribution in [0.1, 0.15) is 19.4 Å². The van der Waals surface area contributed by atoms with Crippen molar-refractivity contribution in [2.24, 2.45) is 5.73 Å². The van der Waals surface area contributed by atoms with Crippen molar-refractivity contribution >= 4 is 18.3 Å². The molecule has 0 aromatic heterocycles. The Kier molecular flexibility index (Phi) is 6.76. The van der Waals surface area contributed by atoms with E-state index < -0.39 is 6.04 Å². The van der Waals surface area contributed by atoms with Gasteiger partial charge in [-0.25, -0.2) is 4.39 Å². The number of nitrogens with two attached hydrogens (primary N) is 1. The van der Waals surface area contributed by atoms with Crippen LogP contribution in [0.25, 0.3) is 0 Å². The summed E-state index contributed by atoms with van der Waals surface area (Å²) in [4.78, 5) is 11.3. The molecular weight excluding hydrogens is 243 g/mol. The molecule has 3 nitrogen and oxygen atoms in total. The van der Waals surface area contributed by atoms with Gasteiger partial charge in [-0.05, 0) is 31.9 Å². The van der Waals surface area contributed by atoms with Gasteiger partial charge in [0.2, 0.25) is 5.91 Å². The normalized spacial score (nSPS) is 13.4. The lowest BCUT2D eigenvalue weighted by Crippen LogP contribution is -2.43. The zero-order valence-electron chi connectivity index (χ0n) is 9.94. The summed E-state index contributed by atoms with van der Waals surface area (Å²) < 4.78 is 13.3. The van der Waals surface area contributed by atoms with Crippen LogP contribution in [-0.4, -0.2) is 18.0 Å². The highest BCUT2D eigenvalue weighted by Gasteiger charge is 2.12. The molecule has 0 aliphatic carbocycles. The van der Waals surface area contributed by atoms with E-state index in [1.165, 1.54) is 6.07 Å². The number of nitrogens with one attached hydrogen (secondary N) is 1. The quantitative estimate of drug-likeness (QED) is 0.865. The van der Waals surface area contributed by atoms with Gasteiger partial charge >= 0.3 is 0 Å². The van der Waals surface area contributed by atoms with Gasteiger partial charge in [0.25, 0.3) is 0 Å². The van der Waals surface area contributed by atoms with Gasteiger partial charge in [0.15, 0.2) is 0 Å². The summed E-state index contributed by atoms with van der Waals surface area (Å²) >= 11 is 0. The molecule has 1 unspecified atom stereocenters. The summed E-state index contributed by atoms with van der Waals surface area (Å²) in [7, 11) is 0. The maximum absolute atomic E-state index is 13.3. The number of amides is 1. The molecule has 0 aliphatic heterocycles. The van der Waals surface area contributed by atoms with Crippen molar-refractivity contribution in [1.29, 1.82) is 0 Å². The van der Waals surface area contributed by atoms with Gasteiger partial charge in [-0.1, -0.05) is 18.2 Å². The molecular formula is C12H18ClFN2O. The summed E-state index contributed by atoms with van der Waals surface area (Å²) in [6, 6.07) is 5.88. The number of benzene rings is 1. The highest BCUT2D eigenvalue weighted by Crippen LogP contribution is 2.08. The Morgan fingerprint density at radius 2 is 2.00 bits per heavy atom. The molecule has 0 fully saturated rings. The molecule has 3 N–H and O–H groups in total. The summed E-state index contributed by atoms with van der Waals surface area (Å²) in [6.45, 7) is 3.44. The summed E-state index contributed by atoms with van der Waals surface area (Å²) in [5.41, 5.74) is 6.02. The zero-order chi connectivity index (χ0) is 12.1. The Morgan fingerprint density at radius 3 is 2.53 bits per heavy atom. The topological polar surface area (TPSA) is 55.1 Å². The summed E-state index contributed by atoms with van der Waals surface area (Å²) in [5, 5.41) is 2.72. The molecule has 0 saturated heterocycles. The van der Waals surface area contributed by atoms with E-state index in [-0.39, 0.29) is 30.2 Å². The molecule has 96 valence electrons. The van der Waals surface area contributed by atoms with Crippen molar-refractivity contribution in [1.82, 2.24) is 5.32 Å². The summed E-state index contributed by atoms with van der Waals surface area (Å²) in [6.07, 6.45) is 0.463. The van der Waals surface area contributed by atoms with E-state index in [2.05, 4.69) is 5.32 Å². The Balaban J connectivity index is 0.00000256. The maximum atomic E-state index is 13.3. The minimum absolute atomic E-state index is 0. The molecule has 5 heteroatoms. The second-order valence-electron chi connectivity index (χ2n) is 3.99. The van der Waals surface area contributed by atoms with Gasteiger partial charge in [0.05, 0.1) is 6.04 Å². The van der Waals surface area contributed by atoms with Gasteiger partial charge in [0, 0.05) is 6.04 Å². The largest absolute Gasteiger partial charge is 0.352 e. The molecule has 1 amide bonds. The van der Waals surface area contributed by atoms with E-state index >= 15 is 0 Å². The number of halogens is 2. The molecule has 0 radical (unpaired) electrons. The lowest BCUT2D eigenvalue weighted by molar-refractivity contribution is -0.122. The third kappa shape index (κ3) is 5.15. The van der Waals surface area contributed by atoms with Gasteiger partial charge in [-0.2, -0.15) is 0 Å². The Bertz CT molecular complexity index is 371. The van der Waals surface area contributed by atoms with Crippen LogP contribution in [0.4, 0.5) is 4.39 Å². The lowest BCUT2D eigenvalue weighted by atomic mass is 10.1. The first-order valence-electron chi connectivity index (χ1n) is 5.30. The zero-order valence-corrected chi connectivity index (χ0v) is 10.8. The highest BCUT2D eigenvalue weighted by atomic mass is 35.5. The number of carbonyl (C=O) groups excluding carboxylic acids is 1. The van der Waals surface area contributed by atoms with E-state index in [0.29, 0.717) is 12.0 Å². The van der Waals surface area contributed by atoms with Crippen LogP contribution in [0.15, 0.2) is 24.3 Å². The summed E-state index contributed by atoms with van der Waals surface area (Å²) in [5.74, 6) is -0.465. The third-order valence-corrected chi connectivity index (χ3v) is 2.29. The molecule has 2 atom stereocenters. The van der Waals surface area contributed by atoms with Gasteiger partial charge in [-0.15, -0.1) is 12.4 Å². The van der Waals surface area contributed by atoms with Crippen LogP contribution < -0.4 is 11.1 Å². The standard InChI is InChI=1S/C12H17FN2O.ClH/c1-8(15-12(16)9(2)14)7-10-5-3-4-6-11(10)13;/h3-6,8-9H,7,14H2,1-2H3,(H,15,16);1H/t8?,9-;/m0./s1. The minimum Gasteiger partial charge on any atom is -0.352 e. The first-order valence-corrected chi connectivity index (χ1v) is 5.30. The van der Waals surface area contributed by atoms with Crippen LogP contribution in [0.3, 0.4) is 0 Å². The Morgan fingerprint density at radius 1 is 1.41 bits per heavy atom. The molecule has 0 saturated carbocycles. The first-order chi connectivity index (χ1) is 7.50. The number of hydrogen-bond acceptors (Lipinski definition) is 2. The van der Waals surface area contributed by atoms with E-state index in [1.807, 2.05) is 6.92 Å². The van der Waals surface area contributed by atoms with Gasteiger partial charge in [-0.3, -0.25) is 4.79 Å². The van der Waals surface area contributed by atoms with Crippen LogP contribution in [-0.2, 0) is 11.2 Å². The van der Waals surface area contributed by atoms with Crippen LogP contribution in [0, 0.1) is 5.82 Å². The molecule has 0 aliphatic rings. The molecule has 0 bridgehead atoms. The van der Waals surface area contributed by atoms with Crippen molar-refractivity contribution in [2.45, 2.75) is 32.4 Å². The average molecular weight is 261 g/mol. The smallest absolute Gasteiger partial charge is 0.236 e. The fraction of sp³-hybridized carbons (Fsp3) is 0.417. The van der Waals surface area contributed by atoms with Crippen LogP contribution in [0.2, 0.25) is 0 Å². The fourth-order valence-corrected chi connectivity index (χ4v) is 1.42. The minimum atomic E-state index is -0.539. The molecule has 17 heavy (non-hydrogen) atoms. The van der Waals surface area contributed by atoms with Crippen molar-refractivity contribution < 1.29 is 9.18 Å². The monoisotopic (exact) mass is 260 g/mol. The second-order valence-corrected chi connectivity index (χ2v) is 3.99. The van der Waals surface area contributed by atoms with Crippen molar-refractivity contribution in [2.75, 3.05) is 0 Å². The Hall–Kier alpha value is -1.13. The fourth-order valence-electron chi connectivity index (χ4n) is 1.42. The SMILES string of the molecule is CC(Cc1ccccc1F)NC(=O)[C@H](C)N.Cl. The van der Waals surface area contributed by atoms with Crippen molar-refractivity contribution in [3.05, 3.63) is 35.6 Å². The van der Waals surface area contributed by atoms with E-state index in [4.69, 9.17) is 5.73 Å². The average Bonchev–Trinajstić information content (AvgIpc) is 2.21. The van der Waals surface area contributed by atoms with Gasteiger partial charge in [0.1, 0.15) is 5.82 Å². The van der Waals surface area contributed by atoms with E-state index in [9.17, 15) is 9.18 Å². The second kappa shape index (κ2) is 7.25. The molecule has 1 rings (SSSR count). The van der Waals surface area contributed by atoms with Crippen LogP contribution in [0.5, 0.6) is 0 Å². The van der Waals surface area contributed by atoms with E-state index in [0.717, 1.165) is 0 Å².